The van der Waals surface area contributed by atoms with Gasteiger partial charge in [-0.3, -0.25) is 15.1 Å². The van der Waals surface area contributed by atoms with Crippen molar-refractivity contribution >= 4 is 17.4 Å². The number of aryl methyl sites for hydroxylation is 1. The summed E-state index contributed by atoms with van der Waals surface area (Å²) in [5.74, 6) is 1.64. The maximum Gasteiger partial charge on any atom is 0.278 e. The summed E-state index contributed by atoms with van der Waals surface area (Å²) in [6.07, 6.45) is 2.52. The summed E-state index contributed by atoms with van der Waals surface area (Å²) in [6.45, 7) is 5.45. The first-order valence-corrected chi connectivity index (χ1v) is 7.01. The molecular weight excluding hydrogens is 250 g/mol. The molecule has 1 atom stereocenters. The number of nitrogens with two attached hydrogens (primary N) is 1. The highest BCUT2D eigenvalue weighted by Gasteiger charge is 2.18. The molecule has 18 heavy (non-hydrogen) atoms. The van der Waals surface area contributed by atoms with Gasteiger partial charge in [-0.1, -0.05) is 0 Å². The van der Waals surface area contributed by atoms with Crippen molar-refractivity contribution in [2.75, 3.05) is 5.75 Å². The van der Waals surface area contributed by atoms with Crippen LogP contribution in [-0.2, 0) is 5.75 Å². The van der Waals surface area contributed by atoms with Gasteiger partial charge < -0.3 is 5.73 Å². The quantitative estimate of drug-likeness (QED) is 0.487. The van der Waals surface area contributed by atoms with Gasteiger partial charge in [0.25, 0.3) is 5.69 Å². The van der Waals surface area contributed by atoms with Crippen molar-refractivity contribution in [2.24, 2.45) is 5.73 Å². The molecule has 0 aliphatic heterocycles. The first kappa shape index (κ1) is 14.9. The number of pyridine rings is 1. The van der Waals surface area contributed by atoms with Gasteiger partial charge >= 0.3 is 0 Å². The van der Waals surface area contributed by atoms with Crippen LogP contribution < -0.4 is 5.73 Å². The molecule has 0 saturated carbocycles. The van der Waals surface area contributed by atoms with Gasteiger partial charge in [-0.15, -0.1) is 0 Å². The molecule has 0 aliphatic carbocycles. The molecule has 0 radical (unpaired) electrons. The second kappa shape index (κ2) is 6.70. The second-order valence-electron chi connectivity index (χ2n) is 4.44. The number of hydrogen-bond acceptors (Lipinski definition) is 5. The highest BCUT2D eigenvalue weighted by atomic mass is 32.2. The van der Waals surface area contributed by atoms with Crippen LogP contribution >= 0.6 is 11.8 Å². The highest BCUT2D eigenvalue weighted by molar-refractivity contribution is 7.98. The number of rotatable bonds is 6. The second-order valence-corrected chi connectivity index (χ2v) is 5.54. The van der Waals surface area contributed by atoms with Crippen LogP contribution in [0, 0.1) is 24.0 Å². The average molecular weight is 269 g/mol. The average Bonchev–Trinajstić information content (AvgIpc) is 2.26. The van der Waals surface area contributed by atoms with E-state index in [0.717, 1.165) is 17.9 Å². The van der Waals surface area contributed by atoms with Crippen LogP contribution in [-0.4, -0.2) is 21.7 Å². The van der Waals surface area contributed by atoms with Crippen molar-refractivity contribution in [1.82, 2.24) is 4.98 Å². The van der Waals surface area contributed by atoms with Crippen LogP contribution in [0.5, 0.6) is 0 Å². The third-order valence-electron chi connectivity index (χ3n) is 2.71. The lowest BCUT2D eigenvalue weighted by Crippen LogP contribution is -2.15. The maximum absolute atomic E-state index is 11.0. The number of thioether (sulfide) groups is 1. The molecular formula is C12H19N3O2S. The molecule has 0 aromatic carbocycles. The van der Waals surface area contributed by atoms with E-state index < -0.39 is 0 Å². The lowest BCUT2D eigenvalue weighted by molar-refractivity contribution is -0.386. The Morgan fingerprint density at radius 1 is 1.56 bits per heavy atom. The van der Waals surface area contributed by atoms with Crippen molar-refractivity contribution in [3.63, 3.8) is 0 Å². The van der Waals surface area contributed by atoms with E-state index in [4.69, 9.17) is 5.73 Å². The van der Waals surface area contributed by atoms with Crippen molar-refractivity contribution < 1.29 is 4.92 Å². The van der Waals surface area contributed by atoms with Gasteiger partial charge in [-0.2, -0.15) is 11.8 Å². The summed E-state index contributed by atoms with van der Waals surface area (Å²) in [7, 11) is 0. The van der Waals surface area contributed by atoms with E-state index in [9.17, 15) is 10.1 Å². The monoisotopic (exact) mass is 269 g/mol. The molecule has 1 aromatic heterocycles. The minimum atomic E-state index is -0.331. The standard InChI is InChI=1S/C12H19N3O2S/c1-8-6-14-11(7-18-5-4-9(2)13)10(3)12(8)15(16)17/h6,9H,4-5,7,13H2,1-3H3. The third kappa shape index (κ3) is 3.96. The van der Waals surface area contributed by atoms with E-state index >= 15 is 0 Å². The Labute approximate surface area is 111 Å². The Bertz CT molecular complexity index is 436. The molecule has 0 saturated heterocycles. The van der Waals surface area contributed by atoms with Crippen LogP contribution in [0.2, 0.25) is 0 Å². The SMILES string of the molecule is Cc1cnc(CSCCC(C)N)c(C)c1[N+](=O)[O-]. The van der Waals surface area contributed by atoms with Gasteiger partial charge in [0.15, 0.2) is 0 Å². The Kier molecular flexibility index (Phi) is 5.55. The van der Waals surface area contributed by atoms with Crippen LogP contribution in [0.1, 0.15) is 30.2 Å². The summed E-state index contributed by atoms with van der Waals surface area (Å²) in [6, 6.07) is 0.193. The smallest absolute Gasteiger partial charge is 0.278 e. The van der Waals surface area contributed by atoms with Gasteiger partial charge in [0.2, 0.25) is 0 Å². The lowest BCUT2D eigenvalue weighted by Gasteiger charge is -2.08. The maximum atomic E-state index is 11.0. The van der Waals surface area contributed by atoms with Crippen molar-refractivity contribution in [2.45, 2.75) is 39.0 Å². The number of aromatic nitrogens is 1. The molecule has 2 N–H and O–H groups in total. The van der Waals surface area contributed by atoms with Gasteiger partial charge in [0, 0.05) is 29.1 Å². The largest absolute Gasteiger partial charge is 0.328 e. The Hall–Kier alpha value is -1.14. The molecule has 6 heteroatoms. The normalized spacial score (nSPS) is 12.4. The number of nitrogens with zero attached hydrogens (tertiary/aromatic N) is 2. The molecule has 5 nitrogen and oxygen atoms in total. The van der Waals surface area contributed by atoms with Gasteiger partial charge in [0.05, 0.1) is 10.6 Å². The molecule has 0 aliphatic rings. The highest BCUT2D eigenvalue weighted by Crippen LogP contribution is 2.26. The minimum absolute atomic E-state index is 0.188. The Morgan fingerprint density at radius 3 is 2.78 bits per heavy atom. The van der Waals surface area contributed by atoms with Crippen molar-refractivity contribution in [3.05, 3.63) is 33.1 Å². The Morgan fingerprint density at radius 2 is 2.22 bits per heavy atom. The van der Waals surface area contributed by atoms with E-state index in [1.165, 1.54) is 0 Å². The van der Waals surface area contributed by atoms with E-state index in [1.54, 1.807) is 31.8 Å². The zero-order valence-electron chi connectivity index (χ0n) is 11.0. The molecule has 1 rings (SSSR count). The fraction of sp³-hybridized carbons (Fsp3) is 0.583. The molecule has 0 bridgehead atoms. The molecule has 0 fully saturated rings. The summed E-state index contributed by atoms with van der Waals surface area (Å²) in [4.78, 5) is 14.9. The van der Waals surface area contributed by atoms with Gasteiger partial charge in [0.1, 0.15) is 0 Å². The van der Waals surface area contributed by atoms with Crippen LogP contribution in [0.3, 0.4) is 0 Å². The molecule has 100 valence electrons. The molecule has 1 unspecified atom stereocenters. The van der Waals surface area contributed by atoms with Crippen molar-refractivity contribution in [3.8, 4) is 0 Å². The van der Waals surface area contributed by atoms with Crippen LogP contribution in [0.15, 0.2) is 6.20 Å². The summed E-state index contributed by atoms with van der Waals surface area (Å²) < 4.78 is 0. The first-order valence-electron chi connectivity index (χ1n) is 5.86. The van der Waals surface area contributed by atoms with E-state index in [0.29, 0.717) is 16.9 Å². The third-order valence-corrected chi connectivity index (χ3v) is 3.72. The van der Waals surface area contributed by atoms with E-state index in [2.05, 4.69) is 4.98 Å². The predicted octanol–water partition coefficient (Wildman–Crippen LogP) is 2.58. The summed E-state index contributed by atoms with van der Waals surface area (Å²) in [5.41, 5.74) is 7.94. The topological polar surface area (TPSA) is 82.0 Å². The van der Waals surface area contributed by atoms with Gasteiger partial charge in [-0.25, -0.2) is 0 Å². The van der Waals surface area contributed by atoms with E-state index in [-0.39, 0.29) is 16.7 Å². The summed E-state index contributed by atoms with van der Waals surface area (Å²) in [5, 5.41) is 11.0. The number of hydrogen-bond donors (Lipinski definition) is 1. The Balaban J connectivity index is 2.73. The van der Waals surface area contributed by atoms with Crippen LogP contribution in [0.4, 0.5) is 5.69 Å². The fourth-order valence-corrected chi connectivity index (χ4v) is 2.80. The molecule has 0 spiro atoms. The van der Waals surface area contributed by atoms with Crippen molar-refractivity contribution in [1.29, 1.82) is 0 Å². The predicted molar refractivity (Wildman–Crippen MR) is 74.8 cm³/mol. The number of nitro groups is 1. The first-order chi connectivity index (χ1) is 8.43. The summed E-state index contributed by atoms with van der Waals surface area (Å²) >= 11 is 1.71. The van der Waals surface area contributed by atoms with E-state index in [1.807, 2.05) is 6.92 Å². The zero-order chi connectivity index (χ0) is 13.7. The molecule has 1 heterocycles. The molecule has 1 aromatic rings. The van der Waals surface area contributed by atoms with Gasteiger partial charge in [-0.05, 0) is 32.9 Å². The minimum Gasteiger partial charge on any atom is -0.328 e. The zero-order valence-corrected chi connectivity index (χ0v) is 11.8. The lowest BCUT2D eigenvalue weighted by atomic mass is 10.1. The molecule has 0 amide bonds. The fourth-order valence-electron chi connectivity index (χ4n) is 1.63. The van der Waals surface area contributed by atoms with Crippen LogP contribution in [0.25, 0.3) is 0 Å².